The summed E-state index contributed by atoms with van der Waals surface area (Å²) in [6, 6.07) is 5.32. The molecular formula is C15H19N3O4. The fraction of sp³-hybridized carbons (Fsp3) is 0.467. The van der Waals surface area contributed by atoms with Crippen molar-refractivity contribution < 1.29 is 19.1 Å². The van der Waals surface area contributed by atoms with Crippen LogP contribution in [0, 0.1) is 0 Å². The third-order valence-electron chi connectivity index (χ3n) is 3.90. The van der Waals surface area contributed by atoms with Gasteiger partial charge < -0.3 is 25.4 Å². The Hall–Kier alpha value is -2.28. The molecule has 7 nitrogen and oxygen atoms in total. The summed E-state index contributed by atoms with van der Waals surface area (Å²) >= 11 is 0. The molecule has 1 aromatic rings. The lowest BCUT2D eigenvalue weighted by Crippen LogP contribution is -2.55. The maximum absolute atomic E-state index is 12.5. The van der Waals surface area contributed by atoms with Crippen LogP contribution in [0.15, 0.2) is 18.2 Å². The molecule has 0 radical (unpaired) electrons. The summed E-state index contributed by atoms with van der Waals surface area (Å²) in [5.41, 5.74) is 6.13. The minimum absolute atomic E-state index is 0.00776. The van der Waals surface area contributed by atoms with Crippen molar-refractivity contribution in [2.45, 2.75) is 18.9 Å². The number of ether oxygens (including phenoxy) is 2. The van der Waals surface area contributed by atoms with Crippen molar-refractivity contribution in [2.24, 2.45) is 5.73 Å². The van der Waals surface area contributed by atoms with Gasteiger partial charge in [0.1, 0.15) is 0 Å². The van der Waals surface area contributed by atoms with Crippen molar-refractivity contribution in [3.8, 4) is 11.5 Å². The van der Waals surface area contributed by atoms with E-state index in [-0.39, 0.29) is 31.6 Å². The highest BCUT2D eigenvalue weighted by molar-refractivity contribution is 5.81. The van der Waals surface area contributed by atoms with E-state index >= 15 is 0 Å². The molecule has 7 heteroatoms. The smallest absolute Gasteiger partial charge is 0.231 e. The lowest BCUT2D eigenvalue weighted by atomic mass is 10.1. The molecule has 0 spiro atoms. The summed E-state index contributed by atoms with van der Waals surface area (Å²) in [4.78, 5) is 25.4. The Morgan fingerprint density at radius 2 is 2.14 bits per heavy atom. The number of hydrogen-bond donors (Lipinski definition) is 2. The zero-order valence-corrected chi connectivity index (χ0v) is 12.2. The number of benzene rings is 1. The van der Waals surface area contributed by atoms with E-state index < -0.39 is 5.91 Å². The first-order chi connectivity index (χ1) is 10.6. The topological polar surface area (TPSA) is 93.9 Å². The molecule has 1 fully saturated rings. The molecule has 1 unspecified atom stereocenters. The number of rotatable bonds is 4. The Morgan fingerprint density at radius 1 is 1.32 bits per heavy atom. The number of carbonyl (C=O) groups is 2. The van der Waals surface area contributed by atoms with E-state index in [4.69, 9.17) is 15.2 Å². The summed E-state index contributed by atoms with van der Waals surface area (Å²) in [7, 11) is 0. The van der Waals surface area contributed by atoms with Gasteiger partial charge in [0.05, 0.1) is 12.5 Å². The van der Waals surface area contributed by atoms with E-state index in [0.29, 0.717) is 24.6 Å². The van der Waals surface area contributed by atoms with Crippen LogP contribution < -0.4 is 20.5 Å². The fourth-order valence-corrected chi connectivity index (χ4v) is 2.83. The van der Waals surface area contributed by atoms with Gasteiger partial charge in [-0.1, -0.05) is 6.07 Å². The molecule has 118 valence electrons. The Morgan fingerprint density at radius 3 is 2.95 bits per heavy atom. The van der Waals surface area contributed by atoms with Gasteiger partial charge in [-0.15, -0.1) is 0 Å². The maximum Gasteiger partial charge on any atom is 0.231 e. The largest absolute Gasteiger partial charge is 0.454 e. The van der Waals surface area contributed by atoms with Crippen molar-refractivity contribution in [2.75, 3.05) is 26.4 Å². The van der Waals surface area contributed by atoms with Gasteiger partial charge >= 0.3 is 0 Å². The molecule has 3 rings (SSSR count). The molecule has 0 saturated carbocycles. The van der Waals surface area contributed by atoms with E-state index in [9.17, 15) is 9.59 Å². The normalized spacial score (nSPS) is 20.0. The fourth-order valence-electron chi connectivity index (χ4n) is 2.83. The minimum atomic E-state index is -0.394. The van der Waals surface area contributed by atoms with Crippen LogP contribution in [0.25, 0.3) is 0 Å². The van der Waals surface area contributed by atoms with Crippen LogP contribution in [-0.2, 0) is 16.0 Å². The number of piperazine rings is 1. The van der Waals surface area contributed by atoms with Crippen molar-refractivity contribution >= 4 is 11.8 Å². The number of amides is 2. The first-order valence-corrected chi connectivity index (χ1v) is 7.30. The Kier molecular flexibility index (Phi) is 4.15. The average molecular weight is 305 g/mol. The second-order valence-corrected chi connectivity index (χ2v) is 5.48. The van der Waals surface area contributed by atoms with Crippen molar-refractivity contribution in [1.82, 2.24) is 10.2 Å². The maximum atomic E-state index is 12.5. The van der Waals surface area contributed by atoms with Crippen LogP contribution in [0.1, 0.15) is 12.0 Å². The number of nitrogens with zero attached hydrogens (tertiary/aromatic N) is 1. The van der Waals surface area contributed by atoms with Gasteiger partial charge in [-0.25, -0.2) is 0 Å². The van der Waals surface area contributed by atoms with Gasteiger partial charge in [-0.2, -0.15) is 0 Å². The number of nitrogens with one attached hydrogen (secondary N) is 1. The Labute approximate surface area is 128 Å². The predicted molar refractivity (Wildman–Crippen MR) is 78.5 cm³/mol. The first kappa shape index (κ1) is 14.6. The Bertz CT molecular complexity index is 590. The predicted octanol–water partition coefficient (Wildman–Crippen LogP) is -0.366. The second kappa shape index (κ2) is 6.23. The molecule has 0 bridgehead atoms. The van der Waals surface area contributed by atoms with Gasteiger partial charge in [0, 0.05) is 26.1 Å². The lowest BCUT2D eigenvalue weighted by molar-refractivity contribution is -0.134. The first-order valence-electron chi connectivity index (χ1n) is 7.30. The highest BCUT2D eigenvalue weighted by atomic mass is 16.7. The highest BCUT2D eigenvalue weighted by Gasteiger charge is 2.28. The molecule has 1 aromatic carbocycles. The van der Waals surface area contributed by atoms with Gasteiger partial charge in [0.25, 0.3) is 0 Å². The number of primary amides is 1. The van der Waals surface area contributed by atoms with Gasteiger partial charge in [0.2, 0.25) is 18.6 Å². The van der Waals surface area contributed by atoms with Crippen molar-refractivity contribution in [1.29, 1.82) is 0 Å². The molecule has 0 aromatic heterocycles. The summed E-state index contributed by atoms with van der Waals surface area (Å²) in [5, 5.41) is 3.18. The van der Waals surface area contributed by atoms with Gasteiger partial charge in [-0.05, 0) is 17.7 Å². The summed E-state index contributed by atoms with van der Waals surface area (Å²) in [6.07, 6.45) is 0.450. The van der Waals surface area contributed by atoms with Crippen LogP contribution in [0.2, 0.25) is 0 Å². The zero-order valence-electron chi connectivity index (χ0n) is 12.2. The molecule has 22 heavy (non-hydrogen) atoms. The van der Waals surface area contributed by atoms with Crippen LogP contribution in [0.4, 0.5) is 0 Å². The molecule has 2 amide bonds. The van der Waals surface area contributed by atoms with Crippen LogP contribution in [-0.4, -0.2) is 49.2 Å². The van der Waals surface area contributed by atoms with Gasteiger partial charge in [-0.3, -0.25) is 9.59 Å². The van der Waals surface area contributed by atoms with Crippen molar-refractivity contribution in [3.63, 3.8) is 0 Å². The molecule has 1 saturated heterocycles. The van der Waals surface area contributed by atoms with Crippen LogP contribution in [0.3, 0.4) is 0 Å². The summed E-state index contributed by atoms with van der Waals surface area (Å²) in [5.74, 6) is 0.963. The molecule has 1 atom stereocenters. The molecule has 2 aliphatic heterocycles. The SMILES string of the molecule is NC(=O)CC1CNCCN1C(=O)Cc1ccc2c(c1)OCO2. The van der Waals surface area contributed by atoms with Gasteiger partial charge in [0.15, 0.2) is 11.5 Å². The van der Waals surface area contributed by atoms with E-state index in [1.165, 1.54) is 0 Å². The quantitative estimate of drug-likeness (QED) is 0.792. The van der Waals surface area contributed by atoms with Crippen LogP contribution >= 0.6 is 0 Å². The average Bonchev–Trinajstić information content (AvgIpc) is 2.94. The van der Waals surface area contributed by atoms with E-state index in [2.05, 4.69) is 5.32 Å². The highest BCUT2D eigenvalue weighted by Crippen LogP contribution is 2.32. The number of fused-ring (bicyclic) bond motifs is 1. The number of hydrogen-bond acceptors (Lipinski definition) is 5. The van der Waals surface area contributed by atoms with E-state index in [1.807, 2.05) is 18.2 Å². The zero-order chi connectivity index (χ0) is 15.5. The molecule has 2 aliphatic rings. The standard InChI is InChI=1S/C15H19N3O4/c16-14(19)7-11-8-17-3-4-18(11)15(20)6-10-1-2-12-13(5-10)22-9-21-12/h1-2,5,11,17H,3-4,6-9H2,(H2,16,19). The monoisotopic (exact) mass is 305 g/mol. The third kappa shape index (κ3) is 3.14. The third-order valence-corrected chi connectivity index (χ3v) is 3.90. The summed E-state index contributed by atoms with van der Waals surface area (Å²) in [6.45, 7) is 2.12. The minimum Gasteiger partial charge on any atom is -0.454 e. The Balaban J connectivity index is 1.68. The molecular weight excluding hydrogens is 286 g/mol. The van der Waals surface area contributed by atoms with E-state index in [1.54, 1.807) is 4.90 Å². The number of carbonyl (C=O) groups excluding carboxylic acids is 2. The molecule has 0 aliphatic carbocycles. The second-order valence-electron chi connectivity index (χ2n) is 5.48. The molecule has 2 heterocycles. The molecule has 3 N–H and O–H groups in total. The van der Waals surface area contributed by atoms with Crippen molar-refractivity contribution in [3.05, 3.63) is 23.8 Å². The van der Waals surface area contributed by atoms with E-state index in [0.717, 1.165) is 12.1 Å². The number of nitrogens with two attached hydrogens (primary N) is 1. The lowest BCUT2D eigenvalue weighted by Gasteiger charge is -2.35. The summed E-state index contributed by atoms with van der Waals surface area (Å²) < 4.78 is 10.6. The van der Waals surface area contributed by atoms with Crippen LogP contribution in [0.5, 0.6) is 11.5 Å².